The van der Waals surface area contributed by atoms with E-state index in [1.54, 1.807) is 0 Å². The Morgan fingerprint density at radius 3 is 2.33 bits per heavy atom. The molecule has 3 aliphatic rings. The summed E-state index contributed by atoms with van der Waals surface area (Å²) in [6.45, 7) is 0. The monoisotopic (exact) mass is 169 g/mol. The molecule has 1 atom stereocenters. The Balaban J connectivity index is 2.16. The summed E-state index contributed by atoms with van der Waals surface area (Å²) in [6, 6.07) is 0. The van der Waals surface area contributed by atoms with Gasteiger partial charge in [0.1, 0.15) is 0 Å². The molecule has 3 nitrogen and oxygen atoms in total. The van der Waals surface area contributed by atoms with Crippen molar-refractivity contribution in [2.24, 2.45) is 17.6 Å². The fourth-order valence-electron chi connectivity index (χ4n) is 2.72. The molecule has 3 fully saturated rings. The molecule has 68 valence electrons. The fraction of sp³-hybridized carbons (Fsp3) is 0.889. The third-order valence-corrected chi connectivity index (χ3v) is 3.54. The number of carboxylic acid groups (broad SMARTS) is 1. The summed E-state index contributed by atoms with van der Waals surface area (Å²) in [5.74, 6) is -0.389. The molecular formula is C9H15NO2. The number of hydrogen-bond donors (Lipinski definition) is 2. The summed E-state index contributed by atoms with van der Waals surface area (Å²) in [5, 5.41) is 8.92. The number of fused-ring (bicyclic) bond motifs is 3. The highest BCUT2D eigenvalue weighted by Crippen LogP contribution is 2.46. The first kappa shape index (κ1) is 8.05. The van der Waals surface area contributed by atoms with E-state index in [-0.39, 0.29) is 11.5 Å². The van der Waals surface area contributed by atoms with Crippen molar-refractivity contribution in [3.63, 3.8) is 0 Å². The van der Waals surface area contributed by atoms with Gasteiger partial charge in [0.2, 0.25) is 0 Å². The van der Waals surface area contributed by atoms with Gasteiger partial charge in [0.25, 0.3) is 0 Å². The zero-order valence-corrected chi connectivity index (χ0v) is 7.12. The van der Waals surface area contributed by atoms with Gasteiger partial charge in [-0.05, 0) is 38.0 Å². The highest BCUT2D eigenvalue weighted by atomic mass is 16.4. The maximum absolute atomic E-state index is 10.8. The van der Waals surface area contributed by atoms with Crippen LogP contribution in [0.1, 0.15) is 32.1 Å². The van der Waals surface area contributed by atoms with Crippen LogP contribution < -0.4 is 5.73 Å². The zero-order chi connectivity index (χ0) is 8.77. The van der Waals surface area contributed by atoms with E-state index in [2.05, 4.69) is 0 Å². The van der Waals surface area contributed by atoms with E-state index >= 15 is 0 Å². The second-order valence-electron chi connectivity index (χ2n) is 4.35. The zero-order valence-electron chi connectivity index (χ0n) is 7.12. The highest BCUT2D eigenvalue weighted by Gasteiger charge is 2.46. The Hall–Kier alpha value is -0.570. The molecule has 0 heterocycles. The molecule has 3 heteroatoms. The van der Waals surface area contributed by atoms with Gasteiger partial charge in [0, 0.05) is 5.54 Å². The summed E-state index contributed by atoms with van der Waals surface area (Å²) >= 11 is 0. The largest absolute Gasteiger partial charge is 0.481 e. The molecule has 0 amide bonds. The predicted octanol–water partition coefficient (Wildman–Crippen LogP) is 0.979. The lowest BCUT2D eigenvalue weighted by Gasteiger charge is -2.47. The van der Waals surface area contributed by atoms with Crippen LogP contribution in [0, 0.1) is 11.8 Å². The van der Waals surface area contributed by atoms with Crippen molar-refractivity contribution < 1.29 is 9.90 Å². The van der Waals surface area contributed by atoms with E-state index in [1.807, 2.05) is 0 Å². The molecule has 3 N–H and O–H groups in total. The van der Waals surface area contributed by atoms with Crippen LogP contribution in [0.15, 0.2) is 0 Å². The number of carboxylic acids is 1. The molecule has 0 radical (unpaired) electrons. The maximum Gasteiger partial charge on any atom is 0.306 e. The molecule has 2 bridgehead atoms. The van der Waals surface area contributed by atoms with Gasteiger partial charge in [-0.3, -0.25) is 4.79 Å². The second kappa shape index (κ2) is 2.46. The van der Waals surface area contributed by atoms with E-state index < -0.39 is 5.97 Å². The van der Waals surface area contributed by atoms with Crippen LogP contribution in [-0.2, 0) is 4.79 Å². The summed E-state index contributed by atoms with van der Waals surface area (Å²) in [7, 11) is 0. The Bertz CT molecular complexity index is 207. The third kappa shape index (κ3) is 1.12. The van der Waals surface area contributed by atoms with Crippen molar-refractivity contribution in [2.75, 3.05) is 0 Å². The standard InChI is InChI=1S/C9H15NO2/c10-9-3-1-6(2-4-9)7(5-9)8(11)12/h6-7H,1-5,10H2,(H,11,12). The summed E-state index contributed by atoms with van der Waals surface area (Å²) < 4.78 is 0. The van der Waals surface area contributed by atoms with Gasteiger partial charge in [-0.1, -0.05) is 0 Å². The molecule has 0 spiro atoms. The van der Waals surface area contributed by atoms with Crippen molar-refractivity contribution in [1.82, 2.24) is 0 Å². The summed E-state index contributed by atoms with van der Waals surface area (Å²) in [6.07, 6.45) is 4.80. The van der Waals surface area contributed by atoms with Crippen LogP contribution in [-0.4, -0.2) is 16.6 Å². The minimum absolute atomic E-state index is 0.141. The molecule has 0 aromatic rings. The number of nitrogens with two attached hydrogens (primary N) is 1. The van der Waals surface area contributed by atoms with Crippen molar-refractivity contribution in [1.29, 1.82) is 0 Å². The highest BCUT2D eigenvalue weighted by molar-refractivity contribution is 5.71. The molecule has 0 aliphatic heterocycles. The number of hydrogen-bond acceptors (Lipinski definition) is 2. The molecule has 3 saturated carbocycles. The van der Waals surface area contributed by atoms with E-state index in [4.69, 9.17) is 10.8 Å². The number of rotatable bonds is 1. The lowest BCUT2D eigenvalue weighted by molar-refractivity contribution is -0.148. The van der Waals surface area contributed by atoms with Gasteiger partial charge in [0.15, 0.2) is 0 Å². The molecule has 12 heavy (non-hydrogen) atoms. The fourth-order valence-corrected chi connectivity index (χ4v) is 2.72. The molecule has 0 aromatic heterocycles. The van der Waals surface area contributed by atoms with Crippen LogP contribution >= 0.6 is 0 Å². The Morgan fingerprint density at radius 1 is 1.42 bits per heavy atom. The van der Waals surface area contributed by atoms with Gasteiger partial charge in [-0.25, -0.2) is 0 Å². The van der Waals surface area contributed by atoms with Crippen LogP contribution in [0.5, 0.6) is 0 Å². The van der Waals surface area contributed by atoms with E-state index in [9.17, 15) is 4.79 Å². The van der Waals surface area contributed by atoms with Gasteiger partial charge in [-0.15, -0.1) is 0 Å². The first-order valence-corrected chi connectivity index (χ1v) is 4.62. The normalized spacial score (nSPS) is 46.1. The van der Waals surface area contributed by atoms with Crippen molar-refractivity contribution in [2.45, 2.75) is 37.6 Å². The molecule has 3 rings (SSSR count). The topological polar surface area (TPSA) is 63.3 Å². The minimum Gasteiger partial charge on any atom is -0.481 e. The summed E-state index contributed by atoms with van der Waals surface area (Å²) in [5.41, 5.74) is 5.92. The van der Waals surface area contributed by atoms with E-state index in [0.717, 1.165) is 25.7 Å². The van der Waals surface area contributed by atoms with E-state index in [1.165, 1.54) is 0 Å². The predicted molar refractivity (Wildman–Crippen MR) is 44.6 cm³/mol. The third-order valence-electron chi connectivity index (χ3n) is 3.54. The van der Waals surface area contributed by atoms with Crippen molar-refractivity contribution in [3.8, 4) is 0 Å². The quantitative estimate of drug-likeness (QED) is 0.615. The molecular weight excluding hydrogens is 154 g/mol. The van der Waals surface area contributed by atoms with Gasteiger partial charge >= 0.3 is 5.97 Å². The van der Waals surface area contributed by atoms with Crippen molar-refractivity contribution in [3.05, 3.63) is 0 Å². The smallest absolute Gasteiger partial charge is 0.306 e. The Labute approximate surface area is 71.9 Å². The maximum atomic E-state index is 10.8. The van der Waals surface area contributed by atoms with Gasteiger partial charge in [0.05, 0.1) is 5.92 Å². The molecule has 0 aromatic carbocycles. The van der Waals surface area contributed by atoms with Crippen LogP contribution in [0.3, 0.4) is 0 Å². The molecule has 0 saturated heterocycles. The SMILES string of the molecule is NC12CCC(CC1)C(C(=O)O)C2. The lowest BCUT2D eigenvalue weighted by atomic mass is 9.61. The van der Waals surface area contributed by atoms with E-state index in [0.29, 0.717) is 12.3 Å². The van der Waals surface area contributed by atoms with Crippen LogP contribution in [0.4, 0.5) is 0 Å². The number of carbonyl (C=O) groups is 1. The summed E-state index contributed by atoms with van der Waals surface area (Å²) in [4.78, 5) is 10.8. The average Bonchev–Trinajstić information content (AvgIpc) is 2.04. The van der Waals surface area contributed by atoms with Gasteiger partial charge < -0.3 is 10.8 Å². The Kier molecular flexibility index (Phi) is 1.65. The van der Waals surface area contributed by atoms with Crippen LogP contribution in [0.25, 0.3) is 0 Å². The Morgan fingerprint density at radius 2 is 2.00 bits per heavy atom. The second-order valence-corrected chi connectivity index (χ2v) is 4.35. The van der Waals surface area contributed by atoms with Crippen molar-refractivity contribution >= 4 is 5.97 Å². The molecule has 3 aliphatic carbocycles. The minimum atomic E-state index is -0.644. The molecule has 1 unspecified atom stereocenters. The lowest BCUT2D eigenvalue weighted by Crippen LogP contribution is -2.53. The number of aliphatic carboxylic acids is 1. The average molecular weight is 169 g/mol. The van der Waals surface area contributed by atoms with Gasteiger partial charge in [-0.2, -0.15) is 0 Å². The first-order chi connectivity index (χ1) is 5.61. The first-order valence-electron chi connectivity index (χ1n) is 4.62. The van der Waals surface area contributed by atoms with Crippen LogP contribution in [0.2, 0.25) is 0 Å².